The van der Waals surface area contributed by atoms with Crippen LogP contribution in [-0.2, 0) is 23.2 Å². The van der Waals surface area contributed by atoms with Crippen molar-refractivity contribution < 1.29 is 27.8 Å². The summed E-state index contributed by atoms with van der Waals surface area (Å²) in [5.41, 5.74) is 1.43. The van der Waals surface area contributed by atoms with Crippen molar-refractivity contribution in [2.45, 2.75) is 18.0 Å². The van der Waals surface area contributed by atoms with Crippen molar-refractivity contribution in [3.05, 3.63) is 83.4 Å². The van der Waals surface area contributed by atoms with Crippen molar-refractivity contribution in [2.75, 3.05) is 11.4 Å². The van der Waals surface area contributed by atoms with Crippen LogP contribution in [-0.4, -0.2) is 26.6 Å². The first-order valence-corrected chi connectivity index (χ1v) is 10.6. The van der Waals surface area contributed by atoms with E-state index in [2.05, 4.69) is 0 Å². The van der Waals surface area contributed by atoms with Crippen molar-refractivity contribution >= 4 is 21.7 Å². The summed E-state index contributed by atoms with van der Waals surface area (Å²) >= 11 is 0. The number of aromatic carboxylic acids is 1. The monoisotopic (exact) mass is 425 g/mol. The molecule has 1 heterocycles. The summed E-state index contributed by atoms with van der Waals surface area (Å²) in [5, 5.41) is 9.73. The Morgan fingerprint density at radius 3 is 2.37 bits per heavy atom. The molecule has 0 saturated heterocycles. The number of para-hydroxylation sites is 1. The molecule has 1 aliphatic heterocycles. The average Bonchev–Trinajstić information content (AvgIpc) is 2.74. The molecule has 3 aromatic rings. The predicted molar refractivity (Wildman–Crippen MR) is 111 cm³/mol. The molecular formula is C22H19NO6S. The minimum Gasteiger partial charge on any atom is -0.497 e. The second kappa shape index (κ2) is 7.72. The Balaban J connectivity index is 1.94. The Morgan fingerprint density at radius 2 is 1.70 bits per heavy atom. The van der Waals surface area contributed by atoms with E-state index in [-0.39, 0.29) is 35.0 Å². The molecule has 0 atom stereocenters. The minimum atomic E-state index is -4.10. The molecule has 30 heavy (non-hydrogen) atoms. The summed E-state index contributed by atoms with van der Waals surface area (Å²) in [6.45, 7) is 0.188. The molecule has 0 aliphatic carbocycles. The normalized spacial score (nSPS) is 13.3. The number of methoxy groups -OCH3 is 1. The first kappa shape index (κ1) is 19.8. The van der Waals surface area contributed by atoms with E-state index in [4.69, 9.17) is 9.47 Å². The van der Waals surface area contributed by atoms with Crippen molar-refractivity contribution in [1.29, 1.82) is 0 Å². The van der Waals surface area contributed by atoms with Crippen molar-refractivity contribution in [1.82, 2.24) is 0 Å². The van der Waals surface area contributed by atoms with E-state index in [0.717, 1.165) is 15.4 Å². The highest BCUT2D eigenvalue weighted by atomic mass is 32.2. The van der Waals surface area contributed by atoms with Crippen LogP contribution in [0, 0.1) is 0 Å². The maximum atomic E-state index is 13.6. The van der Waals surface area contributed by atoms with Gasteiger partial charge in [0.25, 0.3) is 10.0 Å². The van der Waals surface area contributed by atoms with Crippen LogP contribution in [0.15, 0.2) is 71.6 Å². The third-order valence-electron chi connectivity index (χ3n) is 4.94. The van der Waals surface area contributed by atoms with Gasteiger partial charge in [-0.3, -0.25) is 4.31 Å². The zero-order valence-electron chi connectivity index (χ0n) is 16.1. The highest BCUT2D eigenvalue weighted by Crippen LogP contribution is 2.39. The van der Waals surface area contributed by atoms with Gasteiger partial charge in [-0.25, -0.2) is 13.2 Å². The number of sulfonamides is 1. The van der Waals surface area contributed by atoms with Gasteiger partial charge in [-0.2, -0.15) is 0 Å². The van der Waals surface area contributed by atoms with Crippen LogP contribution < -0.4 is 13.8 Å². The number of ether oxygens (including phenoxy) is 2. The predicted octanol–water partition coefficient (Wildman–Crippen LogP) is 3.68. The van der Waals surface area contributed by atoms with Gasteiger partial charge >= 0.3 is 5.97 Å². The van der Waals surface area contributed by atoms with Crippen LogP contribution in [0.25, 0.3) is 0 Å². The largest absolute Gasteiger partial charge is 0.497 e. The van der Waals surface area contributed by atoms with Gasteiger partial charge in [0.1, 0.15) is 23.8 Å². The first-order valence-electron chi connectivity index (χ1n) is 9.14. The van der Waals surface area contributed by atoms with Gasteiger partial charge in [0, 0.05) is 0 Å². The van der Waals surface area contributed by atoms with Crippen molar-refractivity contribution in [3.63, 3.8) is 0 Å². The molecule has 0 unspecified atom stereocenters. The van der Waals surface area contributed by atoms with Crippen LogP contribution in [0.4, 0.5) is 5.69 Å². The van der Waals surface area contributed by atoms with Gasteiger partial charge in [0.05, 0.1) is 24.1 Å². The molecule has 1 aliphatic rings. The lowest BCUT2D eigenvalue weighted by molar-refractivity contribution is 0.0697. The van der Waals surface area contributed by atoms with Crippen LogP contribution in [0.1, 0.15) is 21.5 Å². The minimum absolute atomic E-state index is 0.00956. The van der Waals surface area contributed by atoms with Crippen LogP contribution in [0.2, 0.25) is 0 Å². The number of fused-ring (bicyclic) bond motifs is 2. The summed E-state index contributed by atoms with van der Waals surface area (Å²) in [6, 6.07) is 17.8. The quantitative estimate of drug-likeness (QED) is 0.685. The van der Waals surface area contributed by atoms with Crippen LogP contribution in [0.5, 0.6) is 11.5 Å². The lowest BCUT2D eigenvalue weighted by atomic mass is 10.1. The number of carbonyl (C=O) groups is 1. The highest BCUT2D eigenvalue weighted by Gasteiger charge is 2.33. The zero-order chi connectivity index (χ0) is 21.3. The first-order chi connectivity index (χ1) is 14.4. The molecule has 0 saturated carbocycles. The topological polar surface area (TPSA) is 93.1 Å². The highest BCUT2D eigenvalue weighted by molar-refractivity contribution is 7.92. The van der Waals surface area contributed by atoms with E-state index in [1.165, 1.54) is 31.4 Å². The molecule has 0 aromatic heterocycles. The van der Waals surface area contributed by atoms with Gasteiger partial charge in [0.2, 0.25) is 0 Å². The molecule has 3 aromatic carbocycles. The van der Waals surface area contributed by atoms with Crippen LogP contribution >= 0.6 is 0 Å². The van der Waals surface area contributed by atoms with Gasteiger partial charge in [0.15, 0.2) is 0 Å². The fourth-order valence-electron chi connectivity index (χ4n) is 3.39. The van der Waals surface area contributed by atoms with E-state index in [9.17, 15) is 18.3 Å². The maximum Gasteiger partial charge on any atom is 0.337 e. The van der Waals surface area contributed by atoms with E-state index in [1.54, 1.807) is 18.2 Å². The van der Waals surface area contributed by atoms with Gasteiger partial charge in [-0.15, -0.1) is 0 Å². The van der Waals surface area contributed by atoms with E-state index in [0.29, 0.717) is 5.75 Å². The number of carboxylic acids is 1. The molecule has 0 amide bonds. The Hall–Kier alpha value is -3.52. The molecule has 1 N–H and O–H groups in total. The molecule has 154 valence electrons. The maximum absolute atomic E-state index is 13.6. The Labute approximate surface area is 174 Å². The summed E-state index contributed by atoms with van der Waals surface area (Å²) < 4.78 is 39.3. The van der Waals surface area contributed by atoms with Gasteiger partial charge in [-0.05, 0) is 47.5 Å². The fourth-order valence-corrected chi connectivity index (χ4v) is 4.86. The summed E-state index contributed by atoms with van der Waals surface area (Å²) in [7, 11) is -2.61. The van der Waals surface area contributed by atoms with Crippen LogP contribution in [0.3, 0.4) is 0 Å². The lowest BCUT2D eigenvalue weighted by Gasteiger charge is -2.30. The van der Waals surface area contributed by atoms with Gasteiger partial charge < -0.3 is 14.6 Å². The standard InChI is InChI=1S/C22H19NO6S/c1-28-17-9-11-18(12-10-17)30(26,27)23-13-15-5-2-3-6-16(15)14-29-20-8-4-7-19(21(20)23)22(24)25/h2-12H,13-14H2,1H3,(H,24,25). The number of benzene rings is 3. The average molecular weight is 425 g/mol. The zero-order valence-corrected chi connectivity index (χ0v) is 16.9. The second-order valence-electron chi connectivity index (χ2n) is 6.70. The number of hydrogen-bond acceptors (Lipinski definition) is 5. The molecular weight excluding hydrogens is 406 g/mol. The Morgan fingerprint density at radius 1 is 1.00 bits per heavy atom. The smallest absolute Gasteiger partial charge is 0.337 e. The van der Waals surface area contributed by atoms with Crippen molar-refractivity contribution in [3.8, 4) is 11.5 Å². The molecule has 4 rings (SSSR count). The number of rotatable bonds is 4. The number of hydrogen-bond donors (Lipinski definition) is 1. The third-order valence-corrected chi connectivity index (χ3v) is 6.70. The molecule has 7 nitrogen and oxygen atoms in total. The molecule has 0 fully saturated rings. The molecule has 0 bridgehead atoms. The molecule has 0 spiro atoms. The van der Waals surface area contributed by atoms with E-state index in [1.807, 2.05) is 24.3 Å². The summed E-state index contributed by atoms with van der Waals surface area (Å²) in [6.07, 6.45) is 0. The lowest BCUT2D eigenvalue weighted by Crippen LogP contribution is -2.33. The molecule has 0 radical (unpaired) electrons. The number of carboxylic acid groups (broad SMARTS) is 1. The van der Waals surface area contributed by atoms with E-state index < -0.39 is 16.0 Å². The second-order valence-corrected chi connectivity index (χ2v) is 8.56. The number of nitrogens with zero attached hydrogens (tertiary/aromatic N) is 1. The molecule has 8 heteroatoms. The summed E-state index contributed by atoms with van der Waals surface area (Å²) in [5.74, 6) is -0.525. The third kappa shape index (κ3) is 3.46. The Kier molecular flexibility index (Phi) is 5.09. The SMILES string of the molecule is COc1ccc(S(=O)(=O)N2Cc3ccccc3COc3cccc(C(=O)O)c32)cc1. The number of anilines is 1. The van der Waals surface area contributed by atoms with Crippen molar-refractivity contribution in [2.24, 2.45) is 0 Å². The Bertz CT molecular complexity index is 1200. The summed E-state index contributed by atoms with van der Waals surface area (Å²) in [4.78, 5) is 11.9. The van der Waals surface area contributed by atoms with Gasteiger partial charge in [-0.1, -0.05) is 30.3 Å². The fraction of sp³-hybridized carbons (Fsp3) is 0.136. The van der Waals surface area contributed by atoms with E-state index >= 15 is 0 Å².